The Labute approximate surface area is 124 Å². The Balaban J connectivity index is 2.17. The van der Waals surface area contributed by atoms with Gasteiger partial charge in [0.2, 0.25) is 0 Å². The molecule has 4 heteroatoms. The number of hydrogen-bond acceptors (Lipinski definition) is 3. The second-order valence-corrected chi connectivity index (χ2v) is 4.64. The maximum absolute atomic E-state index is 12.4. The number of amides is 1. The van der Waals surface area contributed by atoms with Crippen LogP contribution in [0.25, 0.3) is 0 Å². The van der Waals surface area contributed by atoms with E-state index in [2.05, 4.69) is 16.8 Å². The van der Waals surface area contributed by atoms with Gasteiger partial charge in [-0.05, 0) is 31.2 Å². The summed E-state index contributed by atoms with van der Waals surface area (Å²) in [6.07, 6.45) is 1.58. The van der Waals surface area contributed by atoms with Crippen LogP contribution in [0.2, 0.25) is 0 Å². The molecular formula is C17H17N3O. The number of aryl methyl sites for hydroxylation is 1. The van der Waals surface area contributed by atoms with E-state index in [-0.39, 0.29) is 5.91 Å². The van der Waals surface area contributed by atoms with Gasteiger partial charge in [0.15, 0.2) is 0 Å². The van der Waals surface area contributed by atoms with E-state index in [0.717, 1.165) is 16.8 Å². The Morgan fingerprint density at radius 2 is 1.95 bits per heavy atom. The highest BCUT2D eigenvalue weighted by Gasteiger charge is 2.14. The summed E-state index contributed by atoms with van der Waals surface area (Å²) in [5.41, 5.74) is 8.43. The van der Waals surface area contributed by atoms with Crippen LogP contribution in [0.4, 0.5) is 5.69 Å². The van der Waals surface area contributed by atoms with Gasteiger partial charge in [0.05, 0.1) is 6.54 Å². The summed E-state index contributed by atoms with van der Waals surface area (Å²) in [4.78, 5) is 18.1. The first-order chi connectivity index (χ1) is 10.1. The van der Waals surface area contributed by atoms with Crippen molar-refractivity contribution in [3.63, 3.8) is 0 Å². The fraction of sp³-hybridized carbons (Fsp3) is 0.176. The molecule has 1 amide bonds. The third kappa shape index (κ3) is 3.68. The predicted octanol–water partition coefficient (Wildman–Crippen LogP) is 1.98. The predicted molar refractivity (Wildman–Crippen MR) is 84.1 cm³/mol. The van der Waals surface area contributed by atoms with Gasteiger partial charge in [-0.1, -0.05) is 29.5 Å². The third-order valence-electron chi connectivity index (χ3n) is 3.04. The summed E-state index contributed by atoms with van der Waals surface area (Å²) in [5, 5.41) is 0. The Bertz CT molecular complexity index is 679. The van der Waals surface area contributed by atoms with Crippen LogP contribution in [0.1, 0.15) is 21.6 Å². The third-order valence-corrected chi connectivity index (χ3v) is 3.04. The van der Waals surface area contributed by atoms with Crippen LogP contribution in [0.3, 0.4) is 0 Å². The molecule has 0 saturated heterocycles. The SMILES string of the molecule is Cc1ccc(N(C)C(=O)c2ccc(C#CCN)cn2)cc1. The highest BCUT2D eigenvalue weighted by Crippen LogP contribution is 2.15. The lowest BCUT2D eigenvalue weighted by Gasteiger charge is -2.17. The number of carbonyl (C=O) groups is 1. The quantitative estimate of drug-likeness (QED) is 0.855. The van der Waals surface area contributed by atoms with E-state index in [4.69, 9.17) is 5.73 Å². The number of pyridine rings is 1. The molecule has 1 aromatic heterocycles. The van der Waals surface area contributed by atoms with Crippen molar-refractivity contribution in [1.82, 2.24) is 4.98 Å². The van der Waals surface area contributed by atoms with Gasteiger partial charge in [-0.25, -0.2) is 4.98 Å². The molecule has 4 nitrogen and oxygen atoms in total. The van der Waals surface area contributed by atoms with Crippen molar-refractivity contribution >= 4 is 11.6 Å². The molecule has 2 aromatic rings. The van der Waals surface area contributed by atoms with E-state index in [1.807, 2.05) is 31.2 Å². The van der Waals surface area contributed by atoms with Gasteiger partial charge in [0, 0.05) is 24.5 Å². The van der Waals surface area contributed by atoms with Crippen molar-refractivity contribution in [2.75, 3.05) is 18.5 Å². The van der Waals surface area contributed by atoms with E-state index in [0.29, 0.717) is 12.2 Å². The second-order valence-electron chi connectivity index (χ2n) is 4.64. The molecule has 0 aliphatic rings. The Morgan fingerprint density at radius 3 is 2.52 bits per heavy atom. The van der Waals surface area contributed by atoms with Crippen LogP contribution >= 0.6 is 0 Å². The summed E-state index contributed by atoms with van der Waals surface area (Å²) in [5.74, 6) is 5.47. The monoisotopic (exact) mass is 279 g/mol. The van der Waals surface area contributed by atoms with E-state index >= 15 is 0 Å². The maximum Gasteiger partial charge on any atom is 0.276 e. The molecule has 1 heterocycles. The minimum absolute atomic E-state index is 0.155. The minimum atomic E-state index is -0.155. The summed E-state index contributed by atoms with van der Waals surface area (Å²) in [6.45, 7) is 2.31. The van der Waals surface area contributed by atoms with Crippen LogP contribution in [-0.4, -0.2) is 24.5 Å². The van der Waals surface area contributed by atoms with Gasteiger partial charge >= 0.3 is 0 Å². The molecule has 0 fully saturated rings. The molecule has 0 aliphatic carbocycles. The van der Waals surface area contributed by atoms with Gasteiger partial charge in [-0.2, -0.15) is 0 Å². The molecular weight excluding hydrogens is 262 g/mol. The smallest absolute Gasteiger partial charge is 0.276 e. The molecule has 2 rings (SSSR count). The zero-order valence-electron chi connectivity index (χ0n) is 12.1. The molecule has 21 heavy (non-hydrogen) atoms. The standard InChI is InChI=1S/C17H17N3O/c1-13-5-8-15(9-6-13)20(2)17(21)16-10-7-14(12-19-16)4-3-11-18/h5-10,12H,11,18H2,1-2H3. The Kier molecular flexibility index (Phi) is 4.70. The van der Waals surface area contributed by atoms with Crippen molar-refractivity contribution < 1.29 is 4.79 Å². The van der Waals surface area contributed by atoms with Crippen molar-refractivity contribution in [2.45, 2.75) is 6.92 Å². The lowest BCUT2D eigenvalue weighted by molar-refractivity contribution is 0.0988. The average Bonchev–Trinajstić information content (AvgIpc) is 2.53. The van der Waals surface area contributed by atoms with Crippen LogP contribution < -0.4 is 10.6 Å². The molecule has 0 radical (unpaired) electrons. The van der Waals surface area contributed by atoms with Gasteiger partial charge in [-0.15, -0.1) is 0 Å². The lowest BCUT2D eigenvalue weighted by atomic mass is 10.2. The van der Waals surface area contributed by atoms with E-state index in [1.165, 1.54) is 0 Å². The summed E-state index contributed by atoms with van der Waals surface area (Å²) < 4.78 is 0. The van der Waals surface area contributed by atoms with Crippen molar-refractivity contribution in [3.8, 4) is 11.8 Å². The fourth-order valence-electron chi connectivity index (χ4n) is 1.80. The first-order valence-corrected chi connectivity index (χ1v) is 6.61. The maximum atomic E-state index is 12.4. The number of aromatic nitrogens is 1. The van der Waals surface area contributed by atoms with Gasteiger partial charge in [-0.3, -0.25) is 4.79 Å². The number of hydrogen-bond donors (Lipinski definition) is 1. The molecule has 106 valence electrons. The number of benzene rings is 1. The molecule has 2 N–H and O–H groups in total. The number of nitrogens with zero attached hydrogens (tertiary/aromatic N) is 2. The molecule has 0 aliphatic heterocycles. The molecule has 0 bridgehead atoms. The zero-order chi connectivity index (χ0) is 15.2. The topological polar surface area (TPSA) is 59.2 Å². The highest BCUT2D eigenvalue weighted by molar-refractivity contribution is 6.04. The van der Waals surface area contributed by atoms with E-state index in [1.54, 1.807) is 30.3 Å². The number of anilines is 1. The highest BCUT2D eigenvalue weighted by atomic mass is 16.2. The lowest BCUT2D eigenvalue weighted by Crippen LogP contribution is -2.27. The first kappa shape index (κ1) is 14.8. The van der Waals surface area contributed by atoms with E-state index in [9.17, 15) is 4.79 Å². The molecule has 0 atom stereocenters. The average molecular weight is 279 g/mol. The van der Waals surface area contributed by atoms with E-state index < -0.39 is 0 Å². The van der Waals surface area contributed by atoms with Crippen molar-refractivity contribution in [1.29, 1.82) is 0 Å². The van der Waals surface area contributed by atoms with Gasteiger partial charge in [0.1, 0.15) is 5.69 Å². The Morgan fingerprint density at radius 1 is 1.24 bits per heavy atom. The van der Waals surface area contributed by atoms with Crippen molar-refractivity contribution in [2.24, 2.45) is 5.73 Å². The Hall–Kier alpha value is -2.64. The molecule has 0 spiro atoms. The summed E-state index contributed by atoms with van der Waals surface area (Å²) in [6, 6.07) is 11.2. The van der Waals surface area contributed by atoms with Crippen LogP contribution in [0.15, 0.2) is 42.6 Å². The molecule has 0 unspecified atom stereocenters. The molecule has 1 aromatic carbocycles. The number of rotatable bonds is 2. The van der Waals surface area contributed by atoms with Gasteiger partial charge in [0.25, 0.3) is 5.91 Å². The fourth-order valence-corrected chi connectivity index (χ4v) is 1.80. The van der Waals surface area contributed by atoms with Crippen molar-refractivity contribution in [3.05, 3.63) is 59.4 Å². The zero-order valence-corrected chi connectivity index (χ0v) is 12.1. The summed E-state index contributed by atoms with van der Waals surface area (Å²) in [7, 11) is 1.73. The number of carbonyl (C=O) groups excluding carboxylic acids is 1. The largest absolute Gasteiger partial charge is 0.320 e. The van der Waals surface area contributed by atoms with Gasteiger partial charge < -0.3 is 10.6 Å². The molecule has 0 saturated carbocycles. The normalized spacial score (nSPS) is 9.67. The summed E-state index contributed by atoms with van der Waals surface area (Å²) >= 11 is 0. The minimum Gasteiger partial charge on any atom is -0.320 e. The first-order valence-electron chi connectivity index (χ1n) is 6.61. The van der Waals surface area contributed by atoms with Crippen LogP contribution in [0, 0.1) is 18.8 Å². The second kappa shape index (κ2) is 6.69. The van der Waals surface area contributed by atoms with Crippen LogP contribution in [-0.2, 0) is 0 Å². The number of nitrogens with two attached hydrogens (primary N) is 1. The van der Waals surface area contributed by atoms with Crippen LogP contribution in [0.5, 0.6) is 0 Å².